The summed E-state index contributed by atoms with van der Waals surface area (Å²) in [4.78, 5) is 11.7. The predicted molar refractivity (Wildman–Crippen MR) is 67.4 cm³/mol. The first-order chi connectivity index (χ1) is 7.37. The standard InChI is InChI=1S/C14H21NO/c1-11-4-6-12(7-5-11)10-13(16)8-9-14(2,3)15/h4-7H,8-10,15H2,1-3H3. The molecule has 0 radical (unpaired) electrons. The van der Waals surface area contributed by atoms with Crippen molar-refractivity contribution in [3.63, 3.8) is 0 Å². The van der Waals surface area contributed by atoms with Gasteiger partial charge in [-0.1, -0.05) is 29.8 Å². The van der Waals surface area contributed by atoms with Crippen LogP contribution in [-0.2, 0) is 11.2 Å². The van der Waals surface area contributed by atoms with Crippen molar-refractivity contribution in [2.75, 3.05) is 0 Å². The summed E-state index contributed by atoms with van der Waals surface area (Å²) in [5, 5.41) is 0. The number of carbonyl (C=O) groups is 1. The van der Waals surface area contributed by atoms with Gasteiger partial charge in [-0.05, 0) is 32.8 Å². The largest absolute Gasteiger partial charge is 0.326 e. The lowest BCUT2D eigenvalue weighted by Gasteiger charge is -2.17. The summed E-state index contributed by atoms with van der Waals surface area (Å²) in [6.07, 6.45) is 1.84. The Bertz CT molecular complexity index is 346. The van der Waals surface area contributed by atoms with E-state index < -0.39 is 0 Å². The summed E-state index contributed by atoms with van der Waals surface area (Å²) in [6.45, 7) is 5.95. The maximum absolute atomic E-state index is 11.7. The summed E-state index contributed by atoms with van der Waals surface area (Å²) >= 11 is 0. The fourth-order valence-electron chi connectivity index (χ4n) is 1.48. The van der Waals surface area contributed by atoms with E-state index in [1.54, 1.807) is 0 Å². The van der Waals surface area contributed by atoms with Crippen LogP contribution in [0.15, 0.2) is 24.3 Å². The van der Waals surface area contributed by atoms with Gasteiger partial charge in [-0.25, -0.2) is 0 Å². The van der Waals surface area contributed by atoms with E-state index in [0.717, 1.165) is 12.0 Å². The normalized spacial score (nSPS) is 11.5. The lowest BCUT2D eigenvalue weighted by Crippen LogP contribution is -2.32. The van der Waals surface area contributed by atoms with Crippen molar-refractivity contribution in [1.29, 1.82) is 0 Å². The Hall–Kier alpha value is -1.15. The van der Waals surface area contributed by atoms with E-state index in [-0.39, 0.29) is 11.3 Å². The van der Waals surface area contributed by atoms with Gasteiger partial charge in [-0.3, -0.25) is 4.79 Å². The molecule has 0 heterocycles. The van der Waals surface area contributed by atoms with Crippen LogP contribution in [0.5, 0.6) is 0 Å². The van der Waals surface area contributed by atoms with Crippen LogP contribution in [-0.4, -0.2) is 11.3 Å². The summed E-state index contributed by atoms with van der Waals surface area (Å²) in [6, 6.07) is 8.10. The molecule has 88 valence electrons. The molecule has 0 spiro atoms. The molecule has 0 aliphatic carbocycles. The van der Waals surface area contributed by atoms with E-state index in [9.17, 15) is 4.79 Å². The van der Waals surface area contributed by atoms with Crippen LogP contribution >= 0.6 is 0 Å². The van der Waals surface area contributed by atoms with Crippen molar-refractivity contribution in [3.05, 3.63) is 35.4 Å². The third kappa shape index (κ3) is 5.08. The van der Waals surface area contributed by atoms with Gasteiger partial charge in [0.1, 0.15) is 5.78 Å². The van der Waals surface area contributed by atoms with Gasteiger partial charge in [0.05, 0.1) is 0 Å². The van der Waals surface area contributed by atoms with Crippen LogP contribution in [0.3, 0.4) is 0 Å². The molecule has 0 atom stereocenters. The number of carbonyl (C=O) groups excluding carboxylic acids is 1. The van der Waals surface area contributed by atoms with Gasteiger partial charge in [0.2, 0.25) is 0 Å². The second-order valence-corrected chi connectivity index (χ2v) is 5.19. The fourth-order valence-corrected chi connectivity index (χ4v) is 1.48. The number of rotatable bonds is 5. The molecular formula is C14H21NO. The van der Waals surface area contributed by atoms with Crippen LogP contribution in [0.1, 0.15) is 37.8 Å². The molecule has 1 aromatic rings. The maximum Gasteiger partial charge on any atom is 0.137 e. The molecular weight excluding hydrogens is 198 g/mol. The Balaban J connectivity index is 2.43. The van der Waals surface area contributed by atoms with Gasteiger partial charge >= 0.3 is 0 Å². The Morgan fingerprint density at radius 1 is 1.25 bits per heavy atom. The van der Waals surface area contributed by atoms with Crippen LogP contribution in [0.4, 0.5) is 0 Å². The third-order valence-electron chi connectivity index (χ3n) is 2.57. The molecule has 2 N–H and O–H groups in total. The molecule has 0 saturated heterocycles. The fraction of sp³-hybridized carbons (Fsp3) is 0.500. The summed E-state index contributed by atoms with van der Waals surface area (Å²) in [7, 11) is 0. The lowest BCUT2D eigenvalue weighted by atomic mass is 9.96. The zero-order valence-corrected chi connectivity index (χ0v) is 10.4. The third-order valence-corrected chi connectivity index (χ3v) is 2.57. The van der Waals surface area contributed by atoms with E-state index in [1.165, 1.54) is 5.56 Å². The molecule has 0 saturated carbocycles. The Morgan fingerprint density at radius 3 is 2.31 bits per heavy atom. The summed E-state index contributed by atoms with van der Waals surface area (Å²) in [5.41, 5.74) is 7.91. The minimum Gasteiger partial charge on any atom is -0.326 e. The molecule has 2 nitrogen and oxygen atoms in total. The van der Waals surface area contributed by atoms with E-state index in [0.29, 0.717) is 12.8 Å². The Kier molecular flexibility index (Phi) is 4.25. The maximum atomic E-state index is 11.7. The van der Waals surface area contributed by atoms with E-state index >= 15 is 0 Å². The van der Waals surface area contributed by atoms with Crippen LogP contribution in [0.25, 0.3) is 0 Å². The number of aryl methyl sites for hydroxylation is 1. The first-order valence-corrected chi connectivity index (χ1v) is 5.73. The van der Waals surface area contributed by atoms with Crippen molar-refractivity contribution in [3.8, 4) is 0 Å². The number of hydrogen-bond acceptors (Lipinski definition) is 2. The Labute approximate surface area is 97.9 Å². The van der Waals surface area contributed by atoms with E-state index in [4.69, 9.17) is 5.73 Å². The zero-order valence-electron chi connectivity index (χ0n) is 10.4. The van der Waals surface area contributed by atoms with Crippen LogP contribution in [0, 0.1) is 6.92 Å². The first kappa shape index (κ1) is 12.9. The molecule has 1 rings (SSSR count). The molecule has 0 bridgehead atoms. The van der Waals surface area contributed by atoms with Gasteiger partial charge < -0.3 is 5.73 Å². The van der Waals surface area contributed by atoms with Gasteiger partial charge in [0.15, 0.2) is 0 Å². The molecule has 1 aromatic carbocycles. The second kappa shape index (κ2) is 5.26. The summed E-state index contributed by atoms with van der Waals surface area (Å²) in [5.74, 6) is 0.266. The molecule has 0 unspecified atom stereocenters. The van der Waals surface area contributed by atoms with Crippen LogP contribution < -0.4 is 5.73 Å². The average Bonchev–Trinajstić information content (AvgIpc) is 2.18. The average molecular weight is 219 g/mol. The highest BCUT2D eigenvalue weighted by atomic mass is 16.1. The quantitative estimate of drug-likeness (QED) is 0.827. The number of nitrogens with two attached hydrogens (primary N) is 1. The zero-order chi connectivity index (χ0) is 12.2. The number of Topliss-reactive ketones (excluding diaryl/α,β-unsaturated/α-hetero) is 1. The minimum atomic E-state index is -0.247. The van der Waals surface area contributed by atoms with Crippen molar-refractivity contribution in [2.45, 2.75) is 45.6 Å². The van der Waals surface area contributed by atoms with Crippen LogP contribution in [0.2, 0.25) is 0 Å². The first-order valence-electron chi connectivity index (χ1n) is 5.73. The minimum absolute atomic E-state index is 0.247. The highest BCUT2D eigenvalue weighted by molar-refractivity contribution is 5.80. The molecule has 0 aliphatic heterocycles. The SMILES string of the molecule is Cc1ccc(CC(=O)CCC(C)(C)N)cc1. The smallest absolute Gasteiger partial charge is 0.137 e. The molecule has 0 aromatic heterocycles. The van der Waals surface area contributed by atoms with Crippen molar-refractivity contribution in [2.24, 2.45) is 5.73 Å². The molecule has 0 aliphatic rings. The molecule has 0 amide bonds. The van der Waals surface area contributed by atoms with Crippen molar-refractivity contribution < 1.29 is 4.79 Å². The van der Waals surface area contributed by atoms with Crippen molar-refractivity contribution >= 4 is 5.78 Å². The number of ketones is 1. The molecule has 2 heteroatoms. The van der Waals surface area contributed by atoms with Gasteiger partial charge in [-0.2, -0.15) is 0 Å². The molecule has 0 fully saturated rings. The Morgan fingerprint density at radius 2 is 1.81 bits per heavy atom. The number of hydrogen-bond donors (Lipinski definition) is 1. The van der Waals surface area contributed by atoms with Gasteiger partial charge in [-0.15, -0.1) is 0 Å². The highest BCUT2D eigenvalue weighted by Crippen LogP contribution is 2.10. The number of benzene rings is 1. The summed E-state index contributed by atoms with van der Waals surface area (Å²) < 4.78 is 0. The van der Waals surface area contributed by atoms with Crippen molar-refractivity contribution in [1.82, 2.24) is 0 Å². The van der Waals surface area contributed by atoms with Gasteiger partial charge in [0.25, 0.3) is 0 Å². The van der Waals surface area contributed by atoms with E-state index in [2.05, 4.69) is 0 Å². The van der Waals surface area contributed by atoms with E-state index in [1.807, 2.05) is 45.0 Å². The predicted octanol–water partition coefficient (Wildman–Crippen LogP) is 2.62. The van der Waals surface area contributed by atoms with Gasteiger partial charge in [0, 0.05) is 18.4 Å². The second-order valence-electron chi connectivity index (χ2n) is 5.19. The highest BCUT2D eigenvalue weighted by Gasteiger charge is 2.13. The monoisotopic (exact) mass is 219 g/mol. The lowest BCUT2D eigenvalue weighted by molar-refractivity contribution is -0.118. The topological polar surface area (TPSA) is 43.1 Å². The molecule has 16 heavy (non-hydrogen) atoms.